The fourth-order valence-corrected chi connectivity index (χ4v) is 3.91. The van der Waals surface area contributed by atoms with Crippen molar-refractivity contribution in [1.82, 2.24) is 14.9 Å². The van der Waals surface area contributed by atoms with Crippen molar-refractivity contribution in [3.8, 4) is 11.3 Å². The lowest BCUT2D eigenvalue weighted by Crippen LogP contribution is -2.27. The highest BCUT2D eigenvalue weighted by molar-refractivity contribution is 7.09. The number of amides is 3. The fraction of sp³-hybridized carbons (Fsp3) is 0.261. The molecule has 0 spiro atoms. The van der Waals surface area contributed by atoms with E-state index in [0.29, 0.717) is 23.4 Å². The third-order valence-corrected chi connectivity index (χ3v) is 5.86. The molecular formula is C23H24N4O3S. The largest absolute Gasteiger partial charge is 0.310 e. The Hall–Kier alpha value is -3.39. The molecule has 1 unspecified atom stereocenters. The van der Waals surface area contributed by atoms with Crippen molar-refractivity contribution in [3.63, 3.8) is 0 Å². The highest BCUT2D eigenvalue weighted by Gasteiger charge is 2.23. The monoisotopic (exact) mass is 436 g/mol. The highest BCUT2D eigenvalue weighted by atomic mass is 32.1. The van der Waals surface area contributed by atoms with E-state index in [0.717, 1.165) is 32.3 Å². The first-order valence-electron chi connectivity index (χ1n) is 9.74. The molecule has 0 aliphatic rings. The summed E-state index contributed by atoms with van der Waals surface area (Å²) in [5.74, 6) is -0.717. The van der Waals surface area contributed by atoms with Gasteiger partial charge >= 0.3 is 0 Å². The summed E-state index contributed by atoms with van der Waals surface area (Å²) >= 11 is 1.57. The van der Waals surface area contributed by atoms with Crippen LogP contribution in [0.4, 0.5) is 5.82 Å². The summed E-state index contributed by atoms with van der Waals surface area (Å²) in [6.07, 6.45) is 2.15. The van der Waals surface area contributed by atoms with Crippen LogP contribution in [0.5, 0.6) is 0 Å². The number of nitrogens with one attached hydrogen (secondary N) is 1. The van der Waals surface area contributed by atoms with E-state index < -0.39 is 11.8 Å². The van der Waals surface area contributed by atoms with E-state index in [2.05, 4.69) is 15.3 Å². The van der Waals surface area contributed by atoms with Crippen LogP contribution in [-0.2, 0) is 9.59 Å². The van der Waals surface area contributed by atoms with Gasteiger partial charge < -0.3 is 5.32 Å². The Morgan fingerprint density at radius 3 is 2.52 bits per heavy atom. The number of hydrogen-bond acceptors (Lipinski definition) is 6. The van der Waals surface area contributed by atoms with Crippen molar-refractivity contribution in [2.24, 2.45) is 0 Å². The number of hydrogen-bond donors (Lipinski definition) is 1. The molecule has 0 saturated carbocycles. The lowest BCUT2D eigenvalue weighted by atomic mass is 9.90. The van der Waals surface area contributed by atoms with Crippen molar-refractivity contribution in [3.05, 3.63) is 63.1 Å². The molecule has 0 saturated heterocycles. The number of carbonyl (C=O) groups is 3. The van der Waals surface area contributed by atoms with Gasteiger partial charge in [0.15, 0.2) is 0 Å². The van der Waals surface area contributed by atoms with E-state index in [4.69, 9.17) is 0 Å². The smallest absolute Gasteiger partial charge is 0.260 e. The Morgan fingerprint density at radius 2 is 1.94 bits per heavy atom. The molecule has 0 radical (unpaired) electrons. The van der Waals surface area contributed by atoms with E-state index in [1.54, 1.807) is 43.5 Å². The van der Waals surface area contributed by atoms with Crippen LogP contribution in [0.2, 0.25) is 0 Å². The zero-order chi connectivity index (χ0) is 22.7. The zero-order valence-corrected chi connectivity index (χ0v) is 18.9. The molecule has 3 rings (SSSR count). The van der Waals surface area contributed by atoms with Crippen molar-refractivity contribution < 1.29 is 14.4 Å². The standard InChI is InChI=1S/C23H24N4O3S/c1-13-8-18(14(2)19(9-13)23(30)27(5)12-28)15(3)22(29)26-21-7-6-17(10-24-21)20-11-31-16(4)25-20/h6-12,15H,1-5H3,(H,24,26,29). The fourth-order valence-electron chi connectivity index (χ4n) is 3.29. The second-order valence-corrected chi connectivity index (χ2v) is 8.51. The quantitative estimate of drug-likeness (QED) is 0.587. The van der Waals surface area contributed by atoms with E-state index in [9.17, 15) is 14.4 Å². The zero-order valence-electron chi connectivity index (χ0n) is 18.1. The van der Waals surface area contributed by atoms with Gasteiger partial charge in [-0.25, -0.2) is 9.97 Å². The van der Waals surface area contributed by atoms with Crippen molar-refractivity contribution in [1.29, 1.82) is 0 Å². The maximum atomic E-state index is 12.9. The van der Waals surface area contributed by atoms with Gasteiger partial charge in [0.25, 0.3) is 5.91 Å². The molecule has 1 N–H and O–H groups in total. The first kappa shape index (κ1) is 22.3. The number of aromatic nitrogens is 2. The number of benzene rings is 1. The lowest BCUT2D eigenvalue weighted by molar-refractivity contribution is -0.117. The Labute approximate surface area is 185 Å². The van der Waals surface area contributed by atoms with Crippen LogP contribution in [0.3, 0.4) is 0 Å². The number of carbonyl (C=O) groups excluding carboxylic acids is 3. The average molecular weight is 437 g/mol. The van der Waals surface area contributed by atoms with Crippen LogP contribution in [0.1, 0.15) is 44.9 Å². The van der Waals surface area contributed by atoms with E-state index in [1.807, 2.05) is 31.4 Å². The van der Waals surface area contributed by atoms with E-state index >= 15 is 0 Å². The number of imide groups is 1. The number of aryl methyl sites for hydroxylation is 2. The van der Waals surface area contributed by atoms with E-state index in [1.165, 1.54) is 7.05 Å². The van der Waals surface area contributed by atoms with Crippen LogP contribution < -0.4 is 5.32 Å². The van der Waals surface area contributed by atoms with E-state index in [-0.39, 0.29) is 5.91 Å². The molecule has 7 nitrogen and oxygen atoms in total. The van der Waals surface area contributed by atoms with Crippen LogP contribution >= 0.6 is 11.3 Å². The summed E-state index contributed by atoms with van der Waals surface area (Å²) in [4.78, 5) is 46.2. The van der Waals surface area contributed by atoms with Gasteiger partial charge in [0.1, 0.15) is 5.82 Å². The number of anilines is 1. The minimum atomic E-state index is -0.518. The van der Waals surface area contributed by atoms with Crippen molar-refractivity contribution in [2.75, 3.05) is 12.4 Å². The molecule has 3 aromatic rings. The Balaban J connectivity index is 1.80. The van der Waals surface area contributed by atoms with Gasteiger partial charge in [0.2, 0.25) is 12.3 Å². The molecule has 8 heteroatoms. The molecule has 0 aliphatic heterocycles. The summed E-state index contributed by atoms with van der Waals surface area (Å²) in [5, 5.41) is 5.78. The Kier molecular flexibility index (Phi) is 6.60. The van der Waals surface area contributed by atoms with Crippen LogP contribution in [0, 0.1) is 20.8 Å². The average Bonchev–Trinajstić information content (AvgIpc) is 3.20. The summed E-state index contributed by atoms with van der Waals surface area (Å²) in [6, 6.07) is 7.22. The minimum Gasteiger partial charge on any atom is -0.310 e. The predicted octanol–water partition coefficient (Wildman–Crippen LogP) is 4.10. The second-order valence-electron chi connectivity index (χ2n) is 7.44. The summed E-state index contributed by atoms with van der Waals surface area (Å²) in [7, 11) is 1.41. The lowest BCUT2D eigenvalue weighted by Gasteiger charge is -2.19. The maximum Gasteiger partial charge on any atom is 0.260 e. The maximum absolute atomic E-state index is 12.9. The van der Waals surface area contributed by atoms with Gasteiger partial charge in [-0.05, 0) is 57.0 Å². The molecule has 0 bridgehead atoms. The summed E-state index contributed by atoms with van der Waals surface area (Å²) in [5.41, 5.74) is 4.39. The van der Waals surface area contributed by atoms with Gasteiger partial charge in [0, 0.05) is 29.8 Å². The number of pyridine rings is 1. The molecular weight excluding hydrogens is 412 g/mol. The molecule has 0 fully saturated rings. The Morgan fingerprint density at radius 1 is 1.19 bits per heavy atom. The third kappa shape index (κ3) is 4.86. The number of thiazole rings is 1. The topological polar surface area (TPSA) is 92.3 Å². The minimum absolute atomic E-state index is 0.236. The van der Waals surface area contributed by atoms with Gasteiger partial charge in [-0.3, -0.25) is 19.3 Å². The SMILES string of the molecule is Cc1cc(C(=O)N(C)C=O)c(C)c(C(C)C(=O)Nc2ccc(-c3csc(C)n3)cn2)c1. The predicted molar refractivity (Wildman–Crippen MR) is 121 cm³/mol. The molecule has 0 aliphatic carbocycles. The second kappa shape index (κ2) is 9.18. The summed E-state index contributed by atoms with van der Waals surface area (Å²) in [6.45, 7) is 7.36. The van der Waals surface area contributed by atoms with Crippen LogP contribution in [0.15, 0.2) is 35.8 Å². The summed E-state index contributed by atoms with van der Waals surface area (Å²) < 4.78 is 0. The van der Waals surface area contributed by atoms with Crippen molar-refractivity contribution in [2.45, 2.75) is 33.6 Å². The first-order valence-corrected chi connectivity index (χ1v) is 10.6. The molecule has 1 atom stereocenters. The normalized spacial score (nSPS) is 11.6. The molecule has 31 heavy (non-hydrogen) atoms. The molecule has 2 aromatic heterocycles. The first-order chi connectivity index (χ1) is 14.7. The van der Waals surface area contributed by atoms with Gasteiger partial charge in [-0.2, -0.15) is 0 Å². The molecule has 160 valence electrons. The van der Waals surface area contributed by atoms with Gasteiger partial charge in [-0.1, -0.05) is 11.6 Å². The van der Waals surface area contributed by atoms with Gasteiger partial charge in [-0.15, -0.1) is 11.3 Å². The number of rotatable bonds is 6. The Bertz CT molecular complexity index is 1140. The van der Waals surface area contributed by atoms with Crippen LogP contribution in [-0.4, -0.2) is 40.1 Å². The third-order valence-electron chi connectivity index (χ3n) is 5.09. The van der Waals surface area contributed by atoms with Crippen LogP contribution in [0.25, 0.3) is 11.3 Å². The van der Waals surface area contributed by atoms with Crippen molar-refractivity contribution >= 4 is 35.4 Å². The highest BCUT2D eigenvalue weighted by Crippen LogP contribution is 2.27. The molecule has 2 heterocycles. The molecule has 3 amide bonds. The molecule has 1 aromatic carbocycles. The van der Waals surface area contributed by atoms with Gasteiger partial charge in [0.05, 0.1) is 16.6 Å². The number of nitrogens with zero attached hydrogens (tertiary/aromatic N) is 3.